The molecule has 2 aliphatic rings. The molecule has 8 nitrogen and oxygen atoms in total. The van der Waals surface area contributed by atoms with E-state index < -0.39 is 0 Å². The number of amides is 2. The fourth-order valence-electron chi connectivity index (χ4n) is 3.89. The zero-order valence-electron chi connectivity index (χ0n) is 17.4. The van der Waals surface area contributed by atoms with Crippen molar-refractivity contribution in [3.8, 4) is 5.75 Å². The molecule has 2 aliphatic heterocycles. The van der Waals surface area contributed by atoms with E-state index in [9.17, 15) is 4.79 Å². The van der Waals surface area contributed by atoms with E-state index in [2.05, 4.69) is 31.2 Å². The van der Waals surface area contributed by atoms with Gasteiger partial charge in [-0.3, -0.25) is 0 Å². The monoisotopic (exact) mass is 430 g/mol. The van der Waals surface area contributed by atoms with Crippen molar-refractivity contribution in [2.45, 2.75) is 19.8 Å². The molecular formula is C21H27ClN6O2. The lowest BCUT2D eigenvalue weighted by atomic mass is 10.3. The molecule has 3 heterocycles. The number of ether oxygens (including phenoxy) is 1. The molecule has 2 amide bonds. The Morgan fingerprint density at radius 3 is 2.23 bits per heavy atom. The number of piperazine rings is 1. The van der Waals surface area contributed by atoms with E-state index in [4.69, 9.17) is 16.3 Å². The Hall–Kier alpha value is -2.74. The molecule has 30 heavy (non-hydrogen) atoms. The Kier molecular flexibility index (Phi) is 6.13. The molecule has 0 spiro atoms. The number of rotatable bonds is 4. The van der Waals surface area contributed by atoms with Crippen LogP contribution < -0.4 is 19.9 Å². The van der Waals surface area contributed by atoms with Gasteiger partial charge in [0.25, 0.3) is 0 Å². The largest absolute Gasteiger partial charge is 0.495 e. The van der Waals surface area contributed by atoms with Crippen LogP contribution in [-0.4, -0.2) is 67.3 Å². The minimum atomic E-state index is -0.132. The second kappa shape index (κ2) is 8.95. The summed E-state index contributed by atoms with van der Waals surface area (Å²) in [5.41, 5.74) is 0.648. The summed E-state index contributed by atoms with van der Waals surface area (Å²) in [6.45, 7) is 6.75. The lowest BCUT2D eigenvalue weighted by molar-refractivity contribution is 0.208. The maximum atomic E-state index is 12.6. The van der Waals surface area contributed by atoms with Gasteiger partial charge in [-0.15, -0.1) is 0 Å². The van der Waals surface area contributed by atoms with Crippen molar-refractivity contribution < 1.29 is 9.53 Å². The summed E-state index contributed by atoms with van der Waals surface area (Å²) in [6.07, 6.45) is 2.43. The van der Waals surface area contributed by atoms with E-state index in [0.717, 1.165) is 43.6 Å². The second-order valence-electron chi connectivity index (χ2n) is 7.58. The summed E-state index contributed by atoms with van der Waals surface area (Å²) in [5.74, 6) is 3.31. The fourth-order valence-corrected chi connectivity index (χ4v) is 4.15. The number of nitrogens with one attached hydrogen (secondary N) is 1. The molecule has 0 aliphatic carbocycles. The van der Waals surface area contributed by atoms with Crippen LogP contribution in [0, 0.1) is 6.92 Å². The number of urea groups is 1. The van der Waals surface area contributed by atoms with Gasteiger partial charge < -0.3 is 24.8 Å². The first-order valence-corrected chi connectivity index (χ1v) is 10.7. The van der Waals surface area contributed by atoms with E-state index in [0.29, 0.717) is 29.5 Å². The average molecular weight is 431 g/mol. The summed E-state index contributed by atoms with van der Waals surface area (Å²) in [5, 5.41) is 3.38. The van der Waals surface area contributed by atoms with Crippen LogP contribution in [0.5, 0.6) is 5.75 Å². The van der Waals surface area contributed by atoms with Crippen molar-refractivity contribution in [2.24, 2.45) is 0 Å². The Balaban J connectivity index is 1.36. The highest BCUT2D eigenvalue weighted by Crippen LogP contribution is 2.27. The Bertz CT molecular complexity index is 910. The minimum Gasteiger partial charge on any atom is -0.495 e. The van der Waals surface area contributed by atoms with E-state index >= 15 is 0 Å². The van der Waals surface area contributed by atoms with E-state index in [-0.39, 0.29) is 6.03 Å². The van der Waals surface area contributed by atoms with Gasteiger partial charge in [-0.1, -0.05) is 11.6 Å². The van der Waals surface area contributed by atoms with E-state index in [1.165, 1.54) is 12.8 Å². The van der Waals surface area contributed by atoms with Crippen LogP contribution in [-0.2, 0) is 0 Å². The summed E-state index contributed by atoms with van der Waals surface area (Å²) >= 11 is 6.15. The van der Waals surface area contributed by atoms with Gasteiger partial charge in [0, 0.05) is 51.0 Å². The van der Waals surface area contributed by atoms with Crippen LogP contribution in [0.1, 0.15) is 18.7 Å². The van der Waals surface area contributed by atoms with Gasteiger partial charge in [-0.2, -0.15) is 0 Å². The molecule has 2 saturated heterocycles. The Labute approximate surface area is 181 Å². The molecule has 2 aromatic rings. The van der Waals surface area contributed by atoms with Crippen molar-refractivity contribution >= 4 is 35.0 Å². The van der Waals surface area contributed by atoms with E-state index in [1.54, 1.807) is 25.3 Å². The normalized spacial score (nSPS) is 16.7. The van der Waals surface area contributed by atoms with Gasteiger partial charge in [0.15, 0.2) is 0 Å². The van der Waals surface area contributed by atoms with Crippen LogP contribution in [0.3, 0.4) is 0 Å². The highest BCUT2D eigenvalue weighted by Gasteiger charge is 2.24. The number of aryl methyl sites for hydroxylation is 1. The number of nitrogens with zero attached hydrogens (tertiary/aromatic N) is 5. The third kappa shape index (κ3) is 4.53. The molecule has 0 unspecified atom stereocenters. The SMILES string of the molecule is COc1ccc(NC(=O)N2CCN(c3cc(N4CCCC4)nc(C)n3)CC2)cc1Cl. The number of halogens is 1. The number of aromatic nitrogens is 2. The summed E-state index contributed by atoms with van der Waals surface area (Å²) in [6, 6.07) is 7.16. The van der Waals surface area contributed by atoms with Gasteiger partial charge in [0.05, 0.1) is 12.1 Å². The van der Waals surface area contributed by atoms with Crippen LogP contribution in [0.4, 0.5) is 22.1 Å². The molecule has 1 aromatic heterocycles. The summed E-state index contributed by atoms with van der Waals surface area (Å²) in [7, 11) is 1.56. The van der Waals surface area contributed by atoms with Crippen molar-refractivity contribution in [1.29, 1.82) is 0 Å². The topological polar surface area (TPSA) is 73.8 Å². The Morgan fingerprint density at radius 2 is 1.63 bits per heavy atom. The lowest BCUT2D eigenvalue weighted by Crippen LogP contribution is -2.50. The van der Waals surface area contributed by atoms with E-state index in [1.807, 2.05) is 11.8 Å². The molecule has 160 valence electrons. The first-order valence-electron chi connectivity index (χ1n) is 10.3. The van der Waals surface area contributed by atoms with Gasteiger partial charge in [-0.25, -0.2) is 14.8 Å². The maximum Gasteiger partial charge on any atom is 0.321 e. The average Bonchev–Trinajstić information content (AvgIpc) is 3.29. The molecule has 1 aromatic carbocycles. The zero-order valence-corrected chi connectivity index (χ0v) is 18.2. The second-order valence-corrected chi connectivity index (χ2v) is 7.99. The van der Waals surface area contributed by atoms with Gasteiger partial charge in [-0.05, 0) is 38.0 Å². The number of carbonyl (C=O) groups excluding carboxylic acids is 1. The molecule has 2 fully saturated rings. The minimum absolute atomic E-state index is 0.132. The van der Waals surface area contributed by atoms with Crippen molar-refractivity contribution in [2.75, 3.05) is 61.5 Å². The smallest absolute Gasteiger partial charge is 0.321 e. The molecule has 0 bridgehead atoms. The highest BCUT2D eigenvalue weighted by molar-refractivity contribution is 6.32. The van der Waals surface area contributed by atoms with Gasteiger partial charge in [0.1, 0.15) is 23.2 Å². The predicted molar refractivity (Wildman–Crippen MR) is 119 cm³/mol. The molecule has 1 N–H and O–H groups in total. The number of methoxy groups -OCH3 is 1. The third-order valence-corrected chi connectivity index (χ3v) is 5.83. The maximum absolute atomic E-state index is 12.6. The van der Waals surface area contributed by atoms with Crippen LogP contribution in [0.2, 0.25) is 5.02 Å². The molecule has 0 atom stereocenters. The standard InChI is InChI=1S/C21H27ClN6O2/c1-15-23-19(26-7-3-4-8-26)14-20(24-15)27-9-11-28(12-10-27)21(29)25-16-5-6-18(30-2)17(22)13-16/h5-6,13-14H,3-4,7-12H2,1-2H3,(H,25,29). The summed E-state index contributed by atoms with van der Waals surface area (Å²) < 4.78 is 5.15. The van der Waals surface area contributed by atoms with Crippen LogP contribution in [0.25, 0.3) is 0 Å². The summed E-state index contributed by atoms with van der Waals surface area (Å²) in [4.78, 5) is 28.3. The molecule has 9 heteroatoms. The van der Waals surface area contributed by atoms with Crippen LogP contribution >= 0.6 is 11.6 Å². The molecule has 4 rings (SSSR count). The number of anilines is 3. The quantitative estimate of drug-likeness (QED) is 0.801. The number of carbonyl (C=O) groups is 1. The van der Waals surface area contributed by atoms with Gasteiger partial charge in [0.2, 0.25) is 0 Å². The fraction of sp³-hybridized carbons (Fsp3) is 0.476. The molecule has 0 radical (unpaired) electrons. The van der Waals surface area contributed by atoms with Crippen molar-refractivity contribution in [3.05, 3.63) is 35.1 Å². The molecular weight excluding hydrogens is 404 g/mol. The highest BCUT2D eigenvalue weighted by atomic mass is 35.5. The molecule has 0 saturated carbocycles. The number of hydrogen-bond donors (Lipinski definition) is 1. The Morgan fingerprint density at radius 1 is 1.00 bits per heavy atom. The lowest BCUT2D eigenvalue weighted by Gasteiger charge is -2.35. The zero-order chi connectivity index (χ0) is 21.1. The van der Waals surface area contributed by atoms with Crippen molar-refractivity contribution in [3.63, 3.8) is 0 Å². The number of hydrogen-bond acceptors (Lipinski definition) is 6. The number of benzene rings is 1. The first kappa shape index (κ1) is 20.5. The van der Waals surface area contributed by atoms with Crippen molar-refractivity contribution in [1.82, 2.24) is 14.9 Å². The third-order valence-electron chi connectivity index (χ3n) is 5.53. The predicted octanol–water partition coefficient (Wildman–Crippen LogP) is 3.40. The first-order chi connectivity index (χ1) is 14.5. The van der Waals surface area contributed by atoms with Gasteiger partial charge >= 0.3 is 6.03 Å². The van der Waals surface area contributed by atoms with Crippen LogP contribution in [0.15, 0.2) is 24.3 Å².